The Labute approximate surface area is 154 Å². The van der Waals surface area contributed by atoms with Gasteiger partial charge in [-0.05, 0) is 5.56 Å². The maximum Gasteiger partial charge on any atom is 0.255 e. The van der Waals surface area contributed by atoms with Crippen molar-refractivity contribution in [3.05, 3.63) is 53.1 Å². The second-order valence-electron chi connectivity index (χ2n) is 6.29. The molecule has 0 aromatic heterocycles. The molecule has 0 radical (unpaired) electrons. The molecule has 2 aromatic carbocycles. The van der Waals surface area contributed by atoms with E-state index in [1.165, 1.54) is 24.7 Å². The molecule has 0 aliphatic heterocycles. The number of nitrogens with one attached hydrogen (secondary N) is 2. The molecule has 0 fully saturated rings. The lowest BCUT2D eigenvalue weighted by Crippen LogP contribution is -3.04. The summed E-state index contributed by atoms with van der Waals surface area (Å²) in [5, 5.41) is 2.92. The summed E-state index contributed by atoms with van der Waals surface area (Å²) in [7, 11) is 8.82. The summed E-state index contributed by atoms with van der Waals surface area (Å²) < 4.78 is 15.8. The highest BCUT2D eigenvalue weighted by molar-refractivity contribution is 5.97. The Kier molecular flexibility index (Phi) is 6.86. The second kappa shape index (κ2) is 9.10. The fourth-order valence-electron chi connectivity index (χ4n) is 2.67. The molecule has 2 N–H and O–H groups in total. The van der Waals surface area contributed by atoms with E-state index in [1.54, 1.807) is 19.2 Å². The van der Waals surface area contributed by atoms with Gasteiger partial charge in [-0.2, -0.15) is 0 Å². The molecule has 0 bridgehead atoms. The lowest BCUT2D eigenvalue weighted by atomic mass is 10.1. The molecule has 1 amide bonds. The van der Waals surface area contributed by atoms with Crippen molar-refractivity contribution in [1.82, 2.24) is 5.32 Å². The molecule has 0 aliphatic carbocycles. The van der Waals surface area contributed by atoms with Crippen LogP contribution < -0.4 is 24.4 Å². The Morgan fingerprint density at radius 3 is 1.96 bits per heavy atom. The summed E-state index contributed by atoms with van der Waals surface area (Å²) in [5.74, 6) is 1.20. The Hall–Kier alpha value is -2.73. The largest absolute Gasteiger partial charge is 0.496 e. The van der Waals surface area contributed by atoms with Crippen molar-refractivity contribution in [2.45, 2.75) is 13.1 Å². The van der Waals surface area contributed by atoms with Crippen LogP contribution >= 0.6 is 0 Å². The van der Waals surface area contributed by atoms with Crippen LogP contribution in [0.4, 0.5) is 0 Å². The fraction of sp³-hybridized carbons (Fsp3) is 0.350. The standard InChI is InChI=1S/C20H26N2O4/c1-22(2)13-15-8-6-14(7-9-15)12-21-20(23)16-10-18(25-4)19(26-5)11-17(16)24-3/h6-11H,12-13H2,1-5H3,(H,21,23)/p+1. The number of carbonyl (C=O) groups excluding carboxylic acids is 1. The first-order valence-electron chi connectivity index (χ1n) is 8.43. The number of benzene rings is 2. The van der Waals surface area contributed by atoms with E-state index in [0.29, 0.717) is 29.4 Å². The predicted octanol–water partition coefficient (Wildman–Crippen LogP) is 1.29. The SMILES string of the molecule is COc1cc(OC)c(C(=O)NCc2ccc(C[NH+](C)C)cc2)cc1OC. The molecule has 6 nitrogen and oxygen atoms in total. The van der Waals surface area contributed by atoms with Gasteiger partial charge in [0, 0.05) is 24.2 Å². The topological polar surface area (TPSA) is 61.2 Å². The van der Waals surface area contributed by atoms with Gasteiger partial charge in [0.25, 0.3) is 5.91 Å². The van der Waals surface area contributed by atoms with Crippen molar-refractivity contribution in [3.8, 4) is 17.2 Å². The molecule has 0 atom stereocenters. The van der Waals surface area contributed by atoms with E-state index in [2.05, 4.69) is 31.5 Å². The highest BCUT2D eigenvalue weighted by Crippen LogP contribution is 2.34. The van der Waals surface area contributed by atoms with Gasteiger partial charge in [-0.1, -0.05) is 24.3 Å². The van der Waals surface area contributed by atoms with Crippen LogP contribution in [0.15, 0.2) is 36.4 Å². The zero-order chi connectivity index (χ0) is 19.1. The van der Waals surface area contributed by atoms with E-state index in [0.717, 1.165) is 12.1 Å². The highest BCUT2D eigenvalue weighted by atomic mass is 16.5. The van der Waals surface area contributed by atoms with Crippen molar-refractivity contribution < 1.29 is 23.9 Å². The average molecular weight is 359 g/mol. The number of hydrogen-bond donors (Lipinski definition) is 2. The molecule has 0 unspecified atom stereocenters. The van der Waals surface area contributed by atoms with Crippen LogP contribution in [-0.4, -0.2) is 41.3 Å². The zero-order valence-electron chi connectivity index (χ0n) is 16.0. The number of rotatable bonds is 8. The van der Waals surface area contributed by atoms with E-state index < -0.39 is 0 Å². The normalized spacial score (nSPS) is 10.5. The summed E-state index contributed by atoms with van der Waals surface area (Å²) >= 11 is 0. The minimum Gasteiger partial charge on any atom is -0.496 e. The maximum atomic E-state index is 12.6. The Balaban J connectivity index is 2.10. The number of methoxy groups -OCH3 is 3. The predicted molar refractivity (Wildman–Crippen MR) is 100 cm³/mol. The van der Waals surface area contributed by atoms with Gasteiger partial charge in [0.2, 0.25) is 0 Å². The van der Waals surface area contributed by atoms with E-state index in [4.69, 9.17) is 14.2 Å². The molecular weight excluding hydrogens is 332 g/mol. The van der Waals surface area contributed by atoms with Crippen LogP contribution in [0.25, 0.3) is 0 Å². The summed E-state index contributed by atoms with van der Waals surface area (Å²) in [6, 6.07) is 11.5. The smallest absolute Gasteiger partial charge is 0.255 e. The lowest BCUT2D eigenvalue weighted by molar-refractivity contribution is -0.872. The van der Waals surface area contributed by atoms with E-state index >= 15 is 0 Å². The van der Waals surface area contributed by atoms with Crippen molar-refractivity contribution >= 4 is 5.91 Å². The molecule has 2 aromatic rings. The second-order valence-corrected chi connectivity index (χ2v) is 6.29. The quantitative estimate of drug-likeness (QED) is 0.746. The third-order valence-electron chi connectivity index (χ3n) is 3.98. The molecule has 0 saturated carbocycles. The van der Waals surface area contributed by atoms with Crippen molar-refractivity contribution in [3.63, 3.8) is 0 Å². The van der Waals surface area contributed by atoms with E-state index in [9.17, 15) is 4.79 Å². The fourth-order valence-corrected chi connectivity index (χ4v) is 2.67. The molecule has 6 heteroatoms. The summed E-state index contributed by atoms with van der Waals surface area (Å²) in [4.78, 5) is 14.0. The van der Waals surface area contributed by atoms with Crippen LogP contribution in [0.3, 0.4) is 0 Å². The molecule has 0 aliphatic rings. The Morgan fingerprint density at radius 1 is 0.885 bits per heavy atom. The molecule has 26 heavy (non-hydrogen) atoms. The number of hydrogen-bond acceptors (Lipinski definition) is 4. The Morgan fingerprint density at radius 2 is 1.42 bits per heavy atom. The molecular formula is C20H27N2O4+. The van der Waals surface area contributed by atoms with Gasteiger partial charge < -0.3 is 24.4 Å². The monoisotopic (exact) mass is 359 g/mol. The van der Waals surface area contributed by atoms with Crippen LogP contribution in [0.1, 0.15) is 21.5 Å². The summed E-state index contributed by atoms with van der Waals surface area (Å²) in [6.07, 6.45) is 0. The molecule has 0 spiro atoms. The van der Waals surface area contributed by atoms with Gasteiger partial charge in [-0.15, -0.1) is 0 Å². The third-order valence-corrected chi connectivity index (χ3v) is 3.98. The summed E-state index contributed by atoms with van der Waals surface area (Å²) in [5.41, 5.74) is 2.70. The van der Waals surface area contributed by atoms with E-state index in [-0.39, 0.29) is 5.91 Å². The van der Waals surface area contributed by atoms with Gasteiger partial charge in [-0.3, -0.25) is 4.79 Å². The summed E-state index contributed by atoms with van der Waals surface area (Å²) in [6.45, 7) is 1.40. The van der Waals surface area contributed by atoms with Crippen molar-refractivity contribution in [1.29, 1.82) is 0 Å². The van der Waals surface area contributed by atoms with Gasteiger partial charge in [0.15, 0.2) is 11.5 Å². The van der Waals surface area contributed by atoms with Gasteiger partial charge in [-0.25, -0.2) is 0 Å². The van der Waals surface area contributed by atoms with Crippen LogP contribution in [0.2, 0.25) is 0 Å². The average Bonchev–Trinajstić information content (AvgIpc) is 2.65. The van der Waals surface area contributed by atoms with Gasteiger partial charge in [0.05, 0.1) is 41.0 Å². The minimum atomic E-state index is -0.232. The lowest BCUT2D eigenvalue weighted by Gasteiger charge is -2.14. The Bertz CT molecular complexity index is 742. The van der Waals surface area contributed by atoms with Crippen LogP contribution in [-0.2, 0) is 13.1 Å². The van der Waals surface area contributed by atoms with E-state index in [1.807, 2.05) is 12.1 Å². The van der Waals surface area contributed by atoms with Gasteiger partial charge >= 0.3 is 0 Å². The van der Waals surface area contributed by atoms with Crippen molar-refractivity contribution in [2.75, 3.05) is 35.4 Å². The third kappa shape index (κ3) is 4.89. The molecule has 0 saturated heterocycles. The van der Waals surface area contributed by atoms with Gasteiger partial charge in [0.1, 0.15) is 12.3 Å². The minimum absolute atomic E-state index is 0.232. The first kappa shape index (κ1) is 19.6. The zero-order valence-corrected chi connectivity index (χ0v) is 16.0. The number of carbonyl (C=O) groups is 1. The number of ether oxygens (including phenoxy) is 3. The molecule has 0 heterocycles. The van der Waals surface area contributed by atoms with Crippen LogP contribution in [0, 0.1) is 0 Å². The maximum absolute atomic E-state index is 12.6. The van der Waals surface area contributed by atoms with Crippen LogP contribution in [0.5, 0.6) is 17.2 Å². The number of quaternary nitrogens is 1. The molecule has 140 valence electrons. The first-order chi connectivity index (χ1) is 12.5. The highest BCUT2D eigenvalue weighted by Gasteiger charge is 2.17. The number of amides is 1. The first-order valence-corrected chi connectivity index (χ1v) is 8.43. The van der Waals surface area contributed by atoms with Crippen molar-refractivity contribution in [2.24, 2.45) is 0 Å². The molecule has 2 rings (SSSR count).